The van der Waals surface area contributed by atoms with E-state index >= 15 is 0 Å². The van der Waals surface area contributed by atoms with Gasteiger partial charge in [0.05, 0.1) is 0 Å². The highest BCUT2D eigenvalue weighted by Gasteiger charge is 2.14. The molecule has 1 N–H and O–H groups in total. The van der Waals surface area contributed by atoms with Gasteiger partial charge in [0.1, 0.15) is 12.5 Å². The molecule has 0 saturated heterocycles. The van der Waals surface area contributed by atoms with E-state index in [9.17, 15) is 9.59 Å². The molecular formula is C6H10O4. The molecule has 1 unspecified atom stereocenters. The first-order valence-corrected chi connectivity index (χ1v) is 2.85. The Balaban J connectivity index is 3.73. The lowest BCUT2D eigenvalue weighted by atomic mass is 10.2. The lowest BCUT2D eigenvalue weighted by Gasteiger charge is -2.04. The Morgan fingerprint density at radius 1 is 1.60 bits per heavy atom. The van der Waals surface area contributed by atoms with Crippen LogP contribution in [0.4, 0.5) is 0 Å². The summed E-state index contributed by atoms with van der Waals surface area (Å²) in [5.41, 5.74) is 0. The molecule has 4 heteroatoms. The van der Waals surface area contributed by atoms with Crippen molar-refractivity contribution in [2.75, 3.05) is 7.11 Å². The van der Waals surface area contributed by atoms with Gasteiger partial charge in [0.25, 0.3) is 0 Å². The molecule has 0 spiro atoms. The van der Waals surface area contributed by atoms with Crippen LogP contribution in [0.25, 0.3) is 0 Å². The number of carbonyl (C=O) groups excluding carboxylic acids is 1. The van der Waals surface area contributed by atoms with Crippen molar-refractivity contribution in [1.82, 2.24) is 0 Å². The van der Waals surface area contributed by atoms with Crippen molar-refractivity contribution in [3.8, 4) is 0 Å². The van der Waals surface area contributed by atoms with Gasteiger partial charge in [-0.05, 0) is 6.92 Å². The molecule has 0 bridgehead atoms. The van der Waals surface area contributed by atoms with Crippen molar-refractivity contribution < 1.29 is 19.4 Å². The van der Waals surface area contributed by atoms with Crippen LogP contribution < -0.4 is 0 Å². The fourth-order valence-corrected chi connectivity index (χ4v) is 0.424. The van der Waals surface area contributed by atoms with Crippen LogP contribution in [0.2, 0.25) is 0 Å². The molecule has 0 aromatic carbocycles. The summed E-state index contributed by atoms with van der Waals surface area (Å²) in [6.07, 6.45) is -1.08. The van der Waals surface area contributed by atoms with Gasteiger partial charge in [0, 0.05) is 7.11 Å². The van der Waals surface area contributed by atoms with Gasteiger partial charge in [0.15, 0.2) is 5.78 Å². The lowest BCUT2D eigenvalue weighted by Crippen LogP contribution is -2.21. The molecule has 0 rings (SSSR count). The molecular weight excluding hydrogens is 136 g/mol. The molecule has 4 nitrogen and oxygen atoms in total. The number of rotatable bonds is 4. The highest BCUT2D eigenvalue weighted by molar-refractivity contribution is 5.96. The van der Waals surface area contributed by atoms with E-state index in [2.05, 4.69) is 4.74 Å². The Hall–Kier alpha value is -0.900. The molecule has 0 saturated carbocycles. The Kier molecular flexibility index (Phi) is 3.64. The highest BCUT2D eigenvalue weighted by atomic mass is 16.5. The van der Waals surface area contributed by atoms with Gasteiger partial charge < -0.3 is 9.84 Å². The zero-order valence-electron chi connectivity index (χ0n) is 5.96. The summed E-state index contributed by atoms with van der Waals surface area (Å²) >= 11 is 0. The van der Waals surface area contributed by atoms with E-state index in [1.165, 1.54) is 14.0 Å². The third-order valence-electron chi connectivity index (χ3n) is 1.13. The maximum absolute atomic E-state index is 10.7. The fourth-order valence-electron chi connectivity index (χ4n) is 0.424. The van der Waals surface area contributed by atoms with Crippen molar-refractivity contribution in [1.29, 1.82) is 0 Å². The summed E-state index contributed by atoms with van der Waals surface area (Å²) in [6, 6.07) is 0. The predicted octanol–water partition coefficient (Wildman–Crippen LogP) is 0.0651. The molecule has 0 radical (unpaired) electrons. The molecule has 0 amide bonds. The summed E-state index contributed by atoms with van der Waals surface area (Å²) in [6.45, 7) is 1.52. The second kappa shape index (κ2) is 4.00. The number of carbonyl (C=O) groups is 2. The minimum atomic E-state index is -1.12. The zero-order chi connectivity index (χ0) is 8.15. The Morgan fingerprint density at radius 3 is 2.40 bits per heavy atom. The van der Waals surface area contributed by atoms with E-state index in [-0.39, 0.29) is 0 Å². The van der Waals surface area contributed by atoms with Crippen molar-refractivity contribution in [3.05, 3.63) is 0 Å². The standard InChI is InChI=1S/C6H10O4/c1-4(10-2)5(7)3-6(8)9/h4H,3H2,1-2H3,(H,8,9). The average Bonchev–Trinajstić information content (AvgIpc) is 1.85. The van der Waals surface area contributed by atoms with E-state index < -0.39 is 24.3 Å². The van der Waals surface area contributed by atoms with Crippen LogP contribution in [-0.4, -0.2) is 30.1 Å². The predicted molar refractivity (Wildman–Crippen MR) is 33.7 cm³/mol. The van der Waals surface area contributed by atoms with Gasteiger partial charge in [-0.15, -0.1) is 0 Å². The van der Waals surface area contributed by atoms with E-state index in [1.54, 1.807) is 0 Å². The van der Waals surface area contributed by atoms with Gasteiger partial charge in [-0.2, -0.15) is 0 Å². The quantitative estimate of drug-likeness (QED) is 0.570. The van der Waals surface area contributed by atoms with Crippen molar-refractivity contribution in [2.24, 2.45) is 0 Å². The molecule has 0 aliphatic rings. The summed E-state index contributed by atoms with van der Waals surface area (Å²) in [5, 5.41) is 8.15. The SMILES string of the molecule is COC(C)C(=O)CC(=O)O. The third kappa shape index (κ3) is 3.19. The normalized spacial score (nSPS) is 12.6. The smallest absolute Gasteiger partial charge is 0.310 e. The van der Waals surface area contributed by atoms with Crippen LogP contribution in [0.3, 0.4) is 0 Å². The van der Waals surface area contributed by atoms with Gasteiger partial charge in [-0.3, -0.25) is 9.59 Å². The van der Waals surface area contributed by atoms with Gasteiger partial charge >= 0.3 is 5.97 Å². The van der Waals surface area contributed by atoms with Crippen LogP contribution in [-0.2, 0) is 14.3 Å². The van der Waals surface area contributed by atoms with Crippen molar-refractivity contribution >= 4 is 11.8 Å². The van der Waals surface area contributed by atoms with Crippen LogP contribution in [0, 0.1) is 0 Å². The molecule has 0 aliphatic carbocycles. The Bertz CT molecular complexity index is 141. The Labute approximate surface area is 58.8 Å². The fraction of sp³-hybridized carbons (Fsp3) is 0.667. The van der Waals surface area contributed by atoms with E-state index in [4.69, 9.17) is 5.11 Å². The highest BCUT2D eigenvalue weighted by Crippen LogP contribution is 1.94. The summed E-state index contributed by atoms with van der Waals surface area (Å²) < 4.78 is 4.60. The Morgan fingerprint density at radius 2 is 2.10 bits per heavy atom. The van der Waals surface area contributed by atoms with E-state index in [0.29, 0.717) is 0 Å². The topological polar surface area (TPSA) is 63.6 Å². The monoisotopic (exact) mass is 146 g/mol. The van der Waals surface area contributed by atoms with Crippen LogP contribution in [0.5, 0.6) is 0 Å². The van der Waals surface area contributed by atoms with Gasteiger partial charge in [-0.25, -0.2) is 0 Å². The second-order valence-electron chi connectivity index (χ2n) is 1.91. The average molecular weight is 146 g/mol. The van der Waals surface area contributed by atoms with Crippen LogP contribution in [0.1, 0.15) is 13.3 Å². The first-order chi connectivity index (χ1) is 4.57. The number of carboxylic acids is 1. The van der Waals surface area contributed by atoms with Crippen molar-refractivity contribution in [3.63, 3.8) is 0 Å². The number of hydrogen-bond donors (Lipinski definition) is 1. The minimum Gasteiger partial charge on any atom is -0.481 e. The number of ketones is 1. The van der Waals surface area contributed by atoms with E-state index in [1.807, 2.05) is 0 Å². The maximum Gasteiger partial charge on any atom is 0.310 e. The van der Waals surface area contributed by atoms with Gasteiger partial charge in [0.2, 0.25) is 0 Å². The number of Topliss-reactive ketones (excluding diaryl/α,β-unsaturated/α-hetero) is 1. The third-order valence-corrected chi connectivity index (χ3v) is 1.13. The molecule has 10 heavy (non-hydrogen) atoms. The summed E-state index contributed by atoms with van der Waals surface area (Å²) in [5.74, 6) is -1.52. The summed E-state index contributed by atoms with van der Waals surface area (Å²) in [7, 11) is 1.37. The molecule has 0 aromatic rings. The molecule has 1 atom stereocenters. The second-order valence-corrected chi connectivity index (χ2v) is 1.91. The number of aliphatic carboxylic acids is 1. The number of hydrogen-bond acceptors (Lipinski definition) is 3. The maximum atomic E-state index is 10.7. The number of methoxy groups -OCH3 is 1. The van der Waals surface area contributed by atoms with Crippen LogP contribution >= 0.6 is 0 Å². The molecule has 0 aromatic heterocycles. The zero-order valence-corrected chi connectivity index (χ0v) is 5.96. The number of carboxylic acid groups (broad SMARTS) is 1. The molecule has 0 aliphatic heterocycles. The van der Waals surface area contributed by atoms with Gasteiger partial charge in [-0.1, -0.05) is 0 Å². The first kappa shape index (κ1) is 9.10. The largest absolute Gasteiger partial charge is 0.481 e. The van der Waals surface area contributed by atoms with Crippen LogP contribution in [0.15, 0.2) is 0 Å². The molecule has 0 heterocycles. The van der Waals surface area contributed by atoms with Crippen molar-refractivity contribution in [2.45, 2.75) is 19.4 Å². The molecule has 0 fully saturated rings. The number of ether oxygens (including phenoxy) is 1. The summed E-state index contributed by atoms with van der Waals surface area (Å²) in [4.78, 5) is 20.6. The lowest BCUT2D eigenvalue weighted by molar-refractivity contribution is -0.142. The van der Waals surface area contributed by atoms with E-state index in [0.717, 1.165) is 0 Å². The minimum absolute atomic E-state index is 0.407. The first-order valence-electron chi connectivity index (χ1n) is 2.85. The molecule has 58 valence electrons.